The SMILES string of the molecule is CC(C)C(O)C1SCCN1C(=O)OC(C)(C)C. The molecular formula is C12H23NO3S. The molecule has 1 fully saturated rings. The molecule has 1 heterocycles. The number of carbonyl (C=O) groups is 1. The van der Waals surface area contributed by atoms with E-state index >= 15 is 0 Å². The molecule has 0 aromatic carbocycles. The van der Waals surface area contributed by atoms with Crippen molar-refractivity contribution in [3.63, 3.8) is 0 Å². The topological polar surface area (TPSA) is 49.8 Å². The van der Waals surface area contributed by atoms with Crippen molar-refractivity contribution in [1.29, 1.82) is 0 Å². The van der Waals surface area contributed by atoms with Gasteiger partial charge in [0.1, 0.15) is 11.0 Å². The van der Waals surface area contributed by atoms with Crippen LogP contribution < -0.4 is 0 Å². The fraction of sp³-hybridized carbons (Fsp3) is 0.917. The largest absolute Gasteiger partial charge is 0.444 e. The summed E-state index contributed by atoms with van der Waals surface area (Å²) in [6.45, 7) is 10.1. The van der Waals surface area contributed by atoms with E-state index in [1.165, 1.54) is 0 Å². The van der Waals surface area contributed by atoms with Crippen molar-refractivity contribution in [3.8, 4) is 0 Å². The predicted octanol–water partition coefficient (Wildman–Crippen LogP) is 2.31. The molecule has 1 rings (SSSR count). The minimum atomic E-state index is -0.505. The van der Waals surface area contributed by atoms with Gasteiger partial charge in [0, 0.05) is 12.3 Å². The molecule has 0 aliphatic carbocycles. The van der Waals surface area contributed by atoms with Crippen molar-refractivity contribution in [3.05, 3.63) is 0 Å². The van der Waals surface area contributed by atoms with Crippen molar-refractivity contribution in [2.24, 2.45) is 5.92 Å². The average molecular weight is 261 g/mol. The molecule has 0 radical (unpaired) electrons. The van der Waals surface area contributed by atoms with Gasteiger partial charge in [-0.3, -0.25) is 4.90 Å². The van der Waals surface area contributed by atoms with Gasteiger partial charge in [0.25, 0.3) is 0 Å². The summed E-state index contributed by atoms with van der Waals surface area (Å²) >= 11 is 1.62. The lowest BCUT2D eigenvalue weighted by Crippen LogP contribution is -2.45. The van der Waals surface area contributed by atoms with Gasteiger partial charge >= 0.3 is 6.09 Å². The maximum absolute atomic E-state index is 12.0. The molecule has 1 N–H and O–H groups in total. The van der Waals surface area contributed by atoms with Crippen LogP contribution in [0.1, 0.15) is 34.6 Å². The Labute approximate surface area is 108 Å². The Balaban J connectivity index is 2.66. The van der Waals surface area contributed by atoms with Crippen LogP contribution in [-0.4, -0.2) is 45.5 Å². The number of carbonyl (C=O) groups excluding carboxylic acids is 1. The molecule has 4 nitrogen and oxygen atoms in total. The highest BCUT2D eigenvalue weighted by molar-refractivity contribution is 8.00. The van der Waals surface area contributed by atoms with Crippen LogP contribution >= 0.6 is 11.8 Å². The average Bonchev–Trinajstić information content (AvgIpc) is 2.61. The number of hydrogen-bond donors (Lipinski definition) is 1. The Morgan fingerprint density at radius 2 is 2.06 bits per heavy atom. The lowest BCUT2D eigenvalue weighted by Gasteiger charge is -2.31. The van der Waals surface area contributed by atoms with Crippen LogP contribution in [0.15, 0.2) is 0 Å². The standard InChI is InChI=1S/C12H23NO3S/c1-8(2)9(14)10-13(6-7-17-10)11(15)16-12(3,4)5/h8-10,14H,6-7H2,1-5H3. The van der Waals surface area contributed by atoms with Gasteiger partial charge < -0.3 is 9.84 Å². The molecule has 2 unspecified atom stereocenters. The maximum atomic E-state index is 12.0. The van der Waals surface area contributed by atoms with Crippen LogP contribution in [0.2, 0.25) is 0 Å². The van der Waals surface area contributed by atoms with E-state index in [1.54, 1.807) is 16.7 Å². The molecule has 1 aliphatic heterocycles. The molecule has 5 heteroatoms. The molecule has 1 amide bonds. The summed E-state index contributed by atoms with van der Waals surface area (Å²) in [6.07, 6.45) is -0.831. The van der Waals surface area contributed by atoms with E-state index in [2.05, 4.69) is 0 Å². The molecule has 0 aromatic heterocycles. The maximum Gasteiger partial charge on any atom is 0.411 e. The molecule has 2 atom stereocenters. The predicted molar refractivity (Wildman–Crippen MR) is 70.0 cm³/mol. The Morgan fingerprint density at radius 1 is 1.47 bits per heavy atom. The lowest BCUT2D eigenvalue weighted by molar-refractivity contribution is 0.00743. The van der Waals surface area contributed by atoms with Crippen LogP contribution in [0.3, 0.4) is 0 Å². The van der Waals surface area contributed by atoms with Crippen LogP contribution in [0.25, 0.3) is 0 Å². The zero-order valence-corrected chi connectivity index (χ0v) is 12.1. The zero-order valence-electron chi connectivity index (χ0n) is 11.3. The number of hydrogen-bond acceptors (Lipinski definition) is 4. The quantitative estimate of drug-likeness (QED) is 0.828. The summed E-state index contributed by atoms with van der Waals surface area (Å²) in [6, 6.07) is 0. The van der Waals surface area contributed by atoms with E-state index in [4.69, 9.17) is 4.74 Å². The Morgan fingerprint density at radius 3 is 2.53 bits per heavy atom. The van der Waals surface area contributed by atoms with E-state index in [9.17, 15) is 9.90 Å². The molecular weight excluding hydrogens is 238 g/mol. The van der Waals surface area contributed by atoms with Gasteiger partial charge in [0.2, 0.25) is 0 Å². The second kappa shape index (κ2) is 5.48. The van der Waals surface area contributed by atoms with Crippen LogP contribution in [-0.2, 0) is 4.74 Å². The van der Waals surface area contributed by atoms with E-state index in [1.807, 2.05) is 34.6 Å². The Hall–Kier alpha value is -0.420. The second-order valence-electron chi connectivity index (χ2n) is 5.67. The summed E-state index contributed by atoms with van der Waals surface area (Å²) in [5, 5.41) is 9.90. The summed E-state index contributed by atoms with van der Waals surface area (Å²) in [5.74, 6) is 0.990. The molecule has 0 saturated carbocycles. The van der Waals surface area contributed by atoms with Crippen LogP contribution in [0.4, 0.5) is 4.79 Å². The summed E-state index contributed by atoms with van der Waals surface area (Å²) in [4.78, 5) is 13.6. The highest BCUT2D eigenvalue weighted by Gasteiger charge is 2.37. The van der Waals surface area contributed by atoms with Gasteiger partial charge in [0.15, 0.2) is 0 Å². The van der Waals surface area contributed by atoms with Crippen molar-refractivity contribution < 1.29 is 14.6 Å². The first-order valence-corrected chi connectivity index (χ1v) is 7.06. The minimum Gasteiger partial charge on any atom is -0.444 e. The molecule has 0 bridgehead atoms. The third-order valence-electron chi connectivity index (χ3n) is 2.53. The highest BCUT2D eigenvalue weighted by Crippen LogP contribution is 2.30. The van der Waals surface area contributed by atoms with E-state index in [0.29, 0.717) is 6.54 Å². The van der Waals surface area contributed by atoms with Gasteiger partial charge in [-0.15, -0.1) is 11.8 Å². The lowest BCUT2D eigenvalue weighted by atomic mass is 10.1. The van der Waals surface area contributed by atoms with Gasteiger partial charge in [0.05, 0.1) is 6.10 Å². The third kappa shape index (κ3) is 4.07. The molecule has 17 heavy (non-hydrogen) atoms. The Kier molecular flexibility index (Phi) is 4.72. The first kappa shape index (κ1) is 14.6. The van der Waals surface area contributed by atoms with Crippen molar-refractivity contribution in [1.82, 2.24) is 4.90 Å². The third-order valence-corrected chi connectivity index (χ3v) is 3.82. The number of thioether (sulfide) groups is 1. The minimum absolute atomic E-state index is 0.135. The zero-order chi connectivity index (χ0) is 13.2. The van der Waals surface area contributed by atoms with Crippen LogP contribution in [0, 0.1) is 5.92 Å². The molecule has 1 aliphatic rings. The first-order chi connectivity index (χ1) is 7.72. The van der Waals surface area contributed by atoms with Gasteiger partial charge in [-0.25, -0.2) is 4.79 Å². The Bertz CT molecular complexity index is 275. The van der Waals surface area contributed by atoms with Crippen LogP contribution in [0.5, 0.6) is 0 Å². The number of amides is 1. The van der Waals surface area contributed by atoms with E-state index in [-0.39, 0.29) is 17.4 Å². The summed E-state index contributed by atoms with van der Waals surface area (Å²) in [5.41, 5.74) is -0.488. The number of rotatable bonds is 2. The number of aliphatic hydroxyl groups is 1. The fourth-order valence-electron chi connectivity index (χ4n) is 1.62. The number of aliphatic hydroxyl groups excluding tert-OH is 1. The fourth-order valence-corrected chi connectivity index (χ4v) is 3.04. The van der Waals surface area contributed by atoms with E-state index in [0.717, 1.165) is 5.75 Å². The van der Waals surface area contributed by atoms with Crippen molar-refractivity contribution in [2.75, 3.05) is 12.3 Å². The molecule has 0 spiro atoms. The molecule has 0 aromatic rings. The second-order valence-corrected chi connectivity index (χ2v) is 6.89. The summed E-state index contributed by atoms with van der Waals surface area (Å²) in [7, 11) is 0. The smallest absolute Gasteiger partial charge is 0.411 e. The summed E-state index contributed by atoms with van der Waals surface area (Å²) < 4.78 is 5.34. The molecule has 100 valence electrons. The van der Waals surface area contributed by atoms with Gasteiger partial charge in [-0.05, 0) is 26.7 Å². The number of ether oxygens (including phenoxy) is 1. The van der Waals surface area contributed by atoms with Crippen molar-refractivity contribution in [2.45, 2.75) is 51.7 Å². The molecule has 1 saturated heterocycles. The van der Waals surface area contributed by atoms with Gasteiger partial charge in [-0.1, -0.05) is 13.8 Å². The first-order valence-electron chi connectivity index (χ1n) is 6.01. The number of nitrogens with zero attached hydrogens (tertiary/aromatic N) is 1. The normalized spacial score (nSPS) is 23.0. The van der Waals surface area contributed by atoms with Gasteiger partial charge in [-0.2, -0.15) is 0 Å². The van der Waals surface area contributed by atoms with E-state index < -0.39 is 11.7 Å². The monoisotopic (exact) mass is 261 g/mol. The highest BCUT2D eigenvalue weighted by atomic mass is 32.2. The van der Waals surface area contributed by atoms with Crippen molar-refractivity contribution >= 4 is 17.9 Å².